The molecule has 0 spiro atoms. The molecule has 0 fully saturated rings. The van der Waals surface area contributed by atoms with Gasteiger partial charge in [-0.2, -0.15) is 0 Å². The summed E-state index contributed by atoms with van der Waals surface area (Å²) in [6, 6.07) is -0.574. The fourth-order valence-corrected chi connectivity index (χ4v) is 0.236. The third-order valence-corrected chi connectivity index (χ3v) is 0.480. The number of nitrogens with zero attached hydrogens (tertiary/aromatic N) is 2. The average Bonchev–Trinajstić information content (AvgIpc) is 1.68. The zero-order valence-electron chi connectivity index (χ0n) is 5.51. The van der Waals surface area contributed by atoms with Crippen molar-refractivity contribution in [2.45, 2.75) is 6.92 Å². The van der Waals surface area contributed by atoms with Gasteiger partial charge in [0, 0.05) is 6.19 Å². The van der Waals surface area contributed by atoms with Crippen LogP contribution in [0.1, 0.15) is 6.92 Å². The van der Waals surface area contributed by atoms with Gasteiger partial charge in [0.25, 0.3) is 0 Å². The summed E-state index contributed by atoms with van der Waals surface area (Å²) in [5.74, 6) is 0. The van der Waals surface area contributed by atoms with E-state index in [9.17, 15) is 4.79 Å². The average molecular weight is 135 g/mol. The van der Waals surface area contributed by atoms with Gasteiger partial charge in [-0.3, -0.25) is 10.1 Å². The van der Waals surface area contributed by atoms with Crippen molar-refractivity contribution < 1.29 is 34.4 Å². The summed E-state index contributed by atoms with van der Waals surface area (Å²) >= 11 is 0. The normalized spacial score (nSPS) is 6.22. The van der Waals surface area contributed by atoms with E-state index in [1.165, 1.54) is 6.19 Å². The topological polar surface area (TPSA) is 67.0 Å². The Morgan fingerprint density at radius 2 is 2.44 bits per heavy atom. The molecule has 2 amide bonds. The van der Waals surface area contributed by atoms with Gasteiger partial charge >= 0.3 is 29.6 Å². The molecular formula is C4H6N3NaO. The summed E-state index contributed by atoms with van der Waals surface area (Å²) < 4.78 is 0. The van der Waals surface area contributed by atoms with Gasteiger partial charge < -0.3 is 10.6 Å². The number of hydrogen-bond acceptors (Lipinski definition) is 2. The van der Waals surface area contributed by atoms with Gasteiger partial charge in [-0.05, 0) is 6.54 Å². The van der Waals surface area contributed by atoms with E-state index in [4.69, 9.17) is 5.26 Å². The molecule has 0 aliphatic carbocycles. The van der Waals surface area contributed by atoms with E-state index in [0.717, 1.165) is 0 Å². The van der Waals surface area contributed by atoms with Crippen molar-refractivity contribution in [1.82, 2.24) is 5.32 Å². The van der Waals surface area contributed by atoms with Crippen LogP contribution in [0.2, 0.25) is 0 Å². The smallest absolute Gasteiger partial charge is 0.409 e. The monoisotopic (exact) mass is 135 g/mol. The molecule has 0 saturated carbocycles. The van der Waals surface area contributed by atoms with E-state index >= 15 is 0 Å². The zero-order chi connectivity index (χ0) is 6.41. The first-order chi connectivity index (χ1) is 3.81. The van der Waals surface area contributed by atoms with Crippen LogP contribution in [0.4, 0.5) is 4.79 Å². The largest absolute Gasteiger partial charge is 1.00 e. The predicted molar refractivity (Wildman–Crippen MR) is 28.0 cm³/mol. The minimum Gasteiger partial charge on any atom is -0.409 e. The third kappa shape index (κ3) is 7.76. The van der Waals surface area contributed by atoms with Crippen LogP contribution >= 0.6 is 0 Å². The summed E-state index contributed by atoms with van der Waals surface area (Å²) in [5.41, 5.74) is 0. The standard InChI is InChI=1S/C4H7N3O.Na/c1-2-6-4(8)7-3-5;/h2H2,1H3,(H2,6,7,8);/q;+1/p-1. The molecular weight excluding hydrogens is 129 g/mol. The van der Waals surface area contributed by atoms with Crippen LogP contribution in [0.15, 0.2) is 0 Å². The van der Waals surface area contributed by atoms with Gasteiger partial charge in [0.05, 0.1) is 0 Å². The maximum absolute atomic E-state index is 10.1. The predicted octanol–water partition coefficient (Wildman–Crippen LogP) is -2.43. The summed E-state index contributed by atoms with van der Waals surface area (Å²) in [7, 11) is 0. The van der Waals surface area contributed by atoms with E-state index in [-0.39, 0.29) is 29.6 Å². The molecule has 0 aromatic heterocycles. The number of carbonyl (C=O) groups excluding carboxylic acids is 1. The molecule has 0 heterocycles. The molecule has 1 N–H and O–H groups in total. The minimum absolute atomic E-state index is 0. The molecule has 9 heavy (non-hydrogen) atoms. The van der Waals surface area contributed by atoms with Gasteiger partial charge in [0.1, 0.15) is 0 Å². The zero-order valence-corrected chi connectivity index (χ0v) is 7.51. The maximum atomic E-state index is 10.1. The van der Waals surface area contributed by atoms with E-state index in [1.54, 1.807) is 6.92 Å². The van der Waals surface area contributed by atoms with Crippen LogP contribution in [0, 0.1) is 11.5 Å². The first-order valence-corrected chi connectivity index (χ1v) is 2.19. The minimum atomic E-state index is -0.574. The Balaban J connectivity index is 0. The first kappa shape index (κ1) is 11.5. The van der Waals surface area contributed by atoms with Crippen LogP contribution in [-0.2, 0) is 0 Å². The first-order valence-electron chi connectivity index (χ1n) is 2.19. The van der Waals surface area contributed by atoms with Gasteiger partial charge in [-0.25, -0.2) is 0 Å². The second kappa shape index (κ2) is 7.76. The summed E-state index contributed by atoms with van der Waals surface area (Å²) in [5, 5.41) is 13.0. The van der Waals surface area contributed by atoms with Crippen molar-refractivity contribution in [2.24, 2.45) is 0 Å². The van der Waals surface area contributed by atoms with E-state index in [1.807, 2.05) is 0 Å². The number of urea groups is 1. The SMILES string of the molecule is CCNC(=O)[N-]C#N.[Na+]. The van der Waals surface area contributed by atoms with Crippen LogP contribution in [0.25, 0.3) is 5.32 Å². The Morgan fingerprint density at radius 1 is 1.89 bits per heavy atom. The molecule has 0 unspecified atom stereocenters. The Kier molecular flexibility index (Phi) is 9.95. The van der Waals surface area contributed by atoms with E-state index in [2.05, 4.69) is 10.6 Å². The maximum Gasteiger partial charge on any atom is 1.00 e. The Labute approximate surface area is 75.9 Å². The number of nitrogens with one attached hydrogen (secondary N) is 1. The van der Waals surface area contributed by atoms with Gasteiger partial charge in [-0.15, -0.1) is 0 Å². The van der Waals surface area contributed by atoms with Crippen LogP contribution < -0.4 is 34.9 Å². The number of nitriles is 1. The number of amides is 2. The van der Waals surface area contributed by atoms with E-state index < -0.39 is 6.03 Å². The van der Waals surface area contributed by atoms with Crippen LogP contribution in [-0.4, -0.2) is 12.6 Å². The molecule has 4 nitrogen and oxygen atoms in total. The fourth-order valence-electron chi connectivity index (χ4n) is 0.236. The molecule has 0 atom stereocenters. The molecule has 0 radical (unpaired) electrons. The van der Waals surface area contributed by atoms with Gasteiger partial charge in [0.15, 0.2) is 0 Å². The molecule has 0 rings (SSSR count). The molecule has 0 aromatic carbocycles. The van der Waals surface area contributed by atoms with Crippen molar-refractivity contribution in [3.05, 3.63) is 5.32 Å². The second-order valence-electron chi connectivity index (χ2n) is 1.05. The summed E-state index contributed by atoms with van der Waals surface area (Å²) in [6.07, 6.45) is 1.37. The van der Waals surface area contributed by atoms with Crippen molar-refractivity contribution >= 4 is 6.03 Å². The molecule has 0 aliphatic heterocycles. The van der Waals surface area contributed by atoms with Crippen molar-refractivity contribution in [2.75, 3.05) is 6.54 Å². The Hall–Kier alpha value is -0.240. The molecule has 0 aromatic rings. The van der Waals surface area contributed by atoms with Crippen LogP contribution in [0.5, 0.6) is 0 Å². The number of rotatable bonds is 1. The third-order valence-electron chi connectivity index (χ3n) is 0.480. The van der Waals surface area contributed by atoms with Crippen molar-refractivity contribution in [3.8, 4) is 6.19 Å². The fraction of sp³-hybridized carbons (Fsp3) is 0.500. The van der Waals surface area contributed by atoms with Crippen molar-refractivity contribution in [3.63, 3.8) is 0 Å². The number of carbonyl (C=O) groups is 1. The van der Waals surface area contributed by atoms with Gasteiger partial charge in [0.2, 0.25) is 6.03 Å². The molecule has 0 aliphatic rings. The van der Waals surface area contributed by atoms with Gasteiger partial charge in [-0.1, -0.05) is 6.92 Å². The molecule has 0 saturated heterocycles. The summed E-state index contributed by atoms with van der Waals surface area (Å²) in [6.45, 7) is 2.26. The Bertz CT molecular complexity index is 119. The van der Waals surface area contributed by atoms with E-state index in [0.29, 0.717) is 6.54 Å². The molecule has 0 bridgehead atoms. The van der Waals surface area contributed by atoms with Crippen molar-refractivity contribution in [1.29, 1.82) is 5.26 Å². The number of hydrogen-bond donors (Lipinski definition) is 1. The second-order valence-corrected chi connectivity index (χ2v) is 1.05. The Morgan fingerprint density at radius 3 is 2.78 bits per heavy atom. The quantitative estimate of drug-likeness (QED) is 0.321. The van der Waals surface area contributed by atoms with Crippen LogP contribution in [0.3, 0.4) is 0 Å². The summed E-state index contributed by atoms with van der Waals surface area (Å²) in [4.78, 5) is 10.1. The molecule has 44 valence electrons. The molecule has 5 heteroatoms.